The van der Waals surface area contributed by atoms with Crippen LogP contribution in [-0.4, -0.2) is 58.4 Å². The lowest BCUT2D eigenvalue weighted by Crippen LogP contribution is -2.55. The molecule has 32 heavy (non-hydrogen) atoms. The summed E-state index contributed by atoms with van der Waals surface area (Å²) in [6, 6.07) is 3.46. The van der Waals surface area contributed by atoms with Gasteiger partial charge in [-0.3, -0.25) is 4.79 Å². The topological polar surface area (TPSA) is 137 Å². The van der Waals surface area contributed by atoms with Gasteiger partial charge in [-0.05, 0) is 30.9 Å². The third kappa shape index (κ3) is 3.45. The number of nitrogens with two attached hydrogens (primary N) is 1. The molecular formula is C22H24N6O3S. The van der Waals surface area contributed by atoms with Crippen molar-refractivity contribution in [1.82, 2.24) is 14.9 Å². The van der Waals surface area contributed by atoms with Gasteiger partial charge in [-0.1, -0.05) is 0 Å². The summed E-state index contributed by atoms with van der Waals surface area (Å²) in [5.74, 6) is 1.31. The number of hydrogen-bond acceptors (Lipinski definition) is 9. The monoisotopic (exact) mass is 452 g/mol. The molecular weight excluding hydrogens is 428 g/mol. The summed E-state index contributed by atoms with van der Waals surface area (Å²) in [6.45, 7) is 0.880. The number of carbonyl (C=O) groups is 1. The number of thiophene rings is 1. The molecule has 3 aromatic rings. The number of nitrogen functional groups attached to an aromatic ring is 1. The molecule has 2 aromatic heterocycles. The summed E-state index contributed by atoms with van der Waals surface area (Å²) >= 11 is 1.60. The Morgan fingerprint density at radius 2 is 2.22 bits per heavy atom. The zero-order valence-electron chi connectivity index (χ0n) is 17.6. The number of ether oxygens (including phenoxy) is 1. The van der Waals surface area contributed by atoms with E-state index < -0.39 is 0 Å². The minimum Gasteiger partial charge on any atom is -0.494 e. The molecule has 1 amide bonds. The number of amides is 1. The van der Waals surface area contributed by atoms with E-state index in [0.29, 0.717) is 48.0 Å². The first-order valence-corrected chi connectivity index (χ1v) is 11.3. The third-order valence-corrected chi connectivity index (χ3v) is 7.34. The van der Waals surface area contributed by atoms with Crippen molar-refractivity contribution in [2.45, 2.75) is 25.4 Å². The number of nitrogens with zero attached hydrogens (tertiary/aromatic N) is 3. The van der Waals surface area contributed by atoms with Gasteiger partial charge in [-0.2, -0.15) is 0 Å². The van der Waals surface area contributed by atoms with Gasteiger partial charge >= 0.3 is 0 Å². The minimum absolute atomic E-state index is 0.0558. The Bertz CT molecular complexity index is 1220. The van der Waals surface area contributed by atoms with E-state index in [0.717, 1.165) is 23.1 Å². The Kier molecular flexibility index (Phi) is 5.18. The molecule has 1 aliphatic carbocycles. The van der Waals surface area contributed by atoms with Crippen LogP contribution in [0.3, 0.4) is 0 Å². The van der Waals surface area contributed by atoms with Crippen LogP contribution in [0.2, 0.25) is 0 Å². The van der Waals surface area contributed by atoms with Gasteiger partial charge in [0.25, 0.3) is 0 Å². The number of aliphatic hydroxyl groups excluding tert-OH is 1. The van der Waals surface area contributed by atoms with Crippen molar-refractivity contribution in [1.29, 1.82) is 5.41 Å². The maximum absolute atomic E-state index is 12.8. The molecule has 1 aromatic carbocycles. The summed E-state index contributed by atoms with van der Waals surface area (Å²) in [5.41, 5.74) is 8.89. The second-order valence-electron chi connectivity index (χ2n) is 8.19. The van der Waals surface area contributed by atoms with E-state index in [4.69, 9.17) is 15.9 Å². The Balaban J connectivity index is 1.47. The van der Waals surface area contributed by atoms with Crippen molar-refractivity contribution < 1.29 is 14.6 Å². The fourth-order valence-electron chi connectivity index (χ4n) is 4.44. The van der Waals surface area contributed by atoms with Gasteiger partial charge in [-0.25, -0.2) is 9.97 Å². The number of methoxy groups -OCH3 is 1. The van der Waals surface area contributed by atoms with Gasteiger partial charge < -0.3 is 31.2 Å². The first kappa shape index (κ1) is 20.7. The van der Waals surface area contributed by atoms with E-state index in [2.05, 4.69) is 15.3 Å². The lowest BCUT2D eigenvalue weighted by Gasteiger charge is -2.38. The van der Waals surface area contributed by atoms with E-state index in [1.54, 1.807) is 35.5 Å². The Hall–Kier alpha value is -3.24. The number of likely N-dealkylation sites (tertiary alicyclic amines) is 1. The minimum atomic E-state index is -0.384. The molecule has 2 aliphatic rings. The molecule has 5 N–H and O–H groups in total. The number of fused-ring (bicyclic) bond motifs is 3. The third-order valence-electron chi connectivity index (χ3n) is 6.18. The number of hydrogen-bond donors (Lipinski definition) is 4. The predicted octanol–water partition coefficient (Wildman–Crippen LogP) is 2.33. The van der Waals surface area contributed by atoms with E-state index in [1.165, 1.54) is 23.0 Å². The molecule has 1 saturated heterocycles. The van der Waals surface area contributed by atoms with Crippen LogP contribution in [-0.2, 0) is 17.6 Å². The van der Waals surface area contributed by atoms with Crippen molar-refractivity contribution >= 4 is 50.9 Å². The Labute approximate surface area is 188 Å². The number of aromatic nitrogens is 2. The van der Waals surface area contributed by atoms with Crippen molar-refractivity contribution in [3.63, 3.8) is 0 Å². The Morgan fingerprint density at radius 1 is 1.41 bits per heavy atom. The zero-order valence-corrected chi connectivity index (χ0v) is 18.4. The summed E-state index contributed by atoms with van der Waals surface area (Å²) < 4.78 is 5.47. The number of carbonyl (C=O) groups excluding carboxylic acids is 1. The van der Waals surface area contributed by atoms with Crippen molar-refractivity contribution in [2.75, 3.05) is 31.2 Å². The predicted molar refractivity (Wildman–Crippen MR) is 124 cm³/mol. The molecule has 0 spiro atoms. The molecule has 0 saturated carbocycles. The largest absolute Gasteiger partial charge is 0.494 e. The average Bonchev–Trinajstić information content (AvgIpc) is 3.16. The number of aliphatic hydroxyl groups is 1. The highest BCUT2D eigenvalue weighted by molar-refractivity contribution is 7.19. The molecule has 0 bridgehead atoms. The van der Waals surface area contributed by atoms with Gasteiger partial charge in [0.1, 0.15) is 22.7 Å². The summed E-state index contributed by atoms with van der Waals surface area (Å²) in [4.78, 5) is 25.5. The highest BCUT2D eigenvalue weighted by atomic mass is 32.1. The molecule has 166 valence electrons. The zero-order chi connectivity index (χ0) is 22.4. The van der Waals surface area contributed by atoms with Crippen LogP contribution in [0, 0.1) is 11.3 Å². The molecule has 1 fully saturated rings. The van der Waals surface area contributed by atoms with Crippen LogP contribution in [0.25, 0.3) is 10.2 Å². The van der Waals surface area contributed by atoms with E-state index in [9.17, 15) is 9.90 Å². The van der Waals surface area contributed by atoms with Crippen LogP contribution in [0.15, 0.2) is 18.5 Å². The number of rotatable bonds is 5. The highest BCUT2D eigenvalue weighted by Crippen LogP contribution is 2.42. The number of β-amino-alcohol motifs (C(OH)–C–C–N with tert-alkyl or cyclic N) is 1. The normalized spacial score (nSPS) is 18.2. The molecule has 1 unspecified atom stereocenters. The van der Waals surface area contributed by atoms with E-state index >= 15 is 0 Å². The van der Waals surface area contributed by atoms with Gasteiger partial charge in [0, 0.05) is 47.4 Å². The summed E-state index contributed by atoms with van der Waals surface area (Å²) in [6.07, 6.45) is 4.57. The van der Waals surface area contributed by atoms with Crippen LogP contribution in [0.5, 0.6) is 5.75 Å². The lowest BCUT2D eigenvalue weighted by molar-refractivity contribution is -0.146. The number of aryl methyl sites for hydroxylation is 1. The second-order valence-corrected chi connectivity index (χ2v) is 9.28. The second kappa shape index (κ2) is 8.03. The molecule has 10 heteroatoms. The number of nitrogens with one attached hydrogen (secondary N) is 2. The van der Waals surface area contributed by atoms with Gasteiger partial charge in [0.2, 0.25) is 5.91 Å². The maximum Gasteiger partial charge on any atom is 0.226 e. The SMILES string of the molecule is COc1cc(N)c(C=N)cc1Nc1ncnc2sc3c(c12)CCC(C(=O)N1CC(O)C1)C3. The fraction of sp³-hybridized carbons (Fsp3) is 0.364. The molecule has 0 radical (unpaired) electrons. The molecule has 1 atom stereocenters. The van der Waals surface area contributed by atoms with Crippen LogP contribution >= 0.6 is 11.3 Å². The number of anilines is 3. The number of benzene rings is 1. The van der Waals surface area contributed by atoms with Gasteiger partial charge in [0.05, 0.1) is 24.3 Å². The molecule has 1 aliphatic heterocycles. The molecule has 9 nitrogen and oxygen atoms in total. The van der Waals surface area contributed by atoms with Crippen molar-refractivity contribution in [3.8, 4) is 5.75 Å². The maximum atomic E-state index is 12.8. The molecule has 3 heterocycles. The average molecular weight is 453 g/mol. The summed E-state index contributed by atoms with van der Waals surface area (Å²) in [7, 11) is 1.57. The molecule has 5 rings (SSSR count). The van der Waals surface area contributed by atoms with Crippen LogP contribution in [0.4, 0.5) is 17.2 Å². The smallest absolute Gasteiger partial charge is 0.226 e. The standard InChI is InChI=1S/C22H24N6O3S/c1-31-17-6-15(24)12(7-23)4-16(17)27-20-19-14-3-2-11(22(30)28-8-13(29)9-28)5-18(14)32-21(19)26-10-25-20/h4,6-7,10-11,13,23,29H,2-3,5,8-9,24H2,1H3,(H,25,26,27). The fourth-order valence-corrected chi connectivity index (χ4v) is 5.71. The van der Waals surface area contributed by atoms with Crippen molar-refractivity contribution in [2.24, 2.45) is 5.92 Å². The van der Waals surface area contributed by atoms with E-state index in [1.807, 2.05) is 0 Å². The van der Waals surface area contributed by atoms with Gasteiger partial charge in [-0.15, -0.1) is 11.3 Å². The lowest BCUT2D eigenvalue weighted by atomic mass is 9.86. The summed E-state index contributed by atoms with van der Waals surface area (Å²) in [5, 5.41) is 21.4. The first-order valence-electron chi connectivity index (χ1n) is 10.5. The first-order chi connectivity index (χ1) is 15.5. The van der Waals surface area contributed by atoms with Gasteiger partial charge in [0.15, 0.2) is 0 Å². The highest BCUT2D eigenvalue weighted by Gasteiger charge is 2.36. The van der Waals surface area contributed by atoms with Crippen molar-refractivity contribution in [3.05, 3.63) is 34.5 Å². The van der Waals surface area contributed by atoms with Crippen LogP contribution < -0.4 is 15.8 Å². The van der Waals surface area contributed by atoms with E-state index in [-0.39, 0.29) is 17.9 Å². The quantitative estimate of drug-likeness (QED) is 0.344. The Morgan fingerprint density at radius 3 is 2.94 bits per heavy atom. The van der Waals surface area contributed by atoms with Crippen LogP contribution in [0.1, 0.15) is 22.4 Å².